The lowest BCUT2D eigenvalue weighted by Crippen LogP contribution is -2.19. The Labute approximate surface area is 96.4 Å². The molecule has 1 rings (SSSR count). The Hall–Kier alpha value is -1.42. The van der Waals surface area contributed by atoms with Crippen LogP contribution in [0.1, 0.15) is 19.8 Å². The zero-order valence-corrected chi connectivity index (χ0v) is 9.86. The number of aliphatic hydroxyl groups is 1. The minimum atomic E-state index is -0.337. The highest BCUT2D eigenvalue weighted by Gasteiger charge is 2.05. The van der Waals surface area contributed by atoms with Crippen molar-refractivity contribution in [1.29, 1.82) is 0 Å². The first kappa shape index (κ1) is 12.6. The first-order valence-electron chi connectivity index (χ1n) is 5.52. The van der Waals surface area contributed by atoms with Crippen LogP contribution in [0.15, 0.2) is 18.2 Å². The molecule has 1 aromatic carbocycles. The maximum Gasteiger partial charge on any atom is 0.121 e. The van der Waals surface area contributed by atoms with Gasteiger partial charge in [0.25, 0.3) is 0 Å². The molecule has 0 aliphatic carbocycles. The summed E-state index contributed by atoms with van der Waals surface area (Å²) in [5, 5.41) is 12.7. The molecule has 0 heterocycles. The number of nitrogens with two attached hydrogens (primary N) is 1. The van der Waals surface area contributed by atoms with Crippen molar-refractivity contribution in [2.45, 2.75) is 25.9 Å². The average Bonchev–Trinajstić information content (AvgIpc) is 2.28. The molecule has 0 fully saturated rings. The summed E-state index contributed by atoms with van der Waals surface area (Å²) in [6, 6.07) is 5.42. The van der Waals surface area contributed by atoms with Crippen molar-refractivity contribution in [3.8, 4) is 5.75 Å². The van der Waals surface area contributed by atoms with E-state index in [2.05, 4.69) is 5.32 Å². The first-order chi connectivity index (χ1) is 7.67. The molecule has 0 aliphatic heterocycles. The van der Waals surface area contributed by atoms with E-state index >= 15 is 0 Å². The molecule has 0 amide bonds. The lowest BCUT2D eigenvalue weighted by Gasteiger charge is -2.14. The molecule has 4 N–H and O–H groups in total. The summed E-state index contributed by atoms with van der Waals surface area (Å²) < 4.78 is 5.11. The zero-order valence-electron chi connectivity index (χ0n) is 9.86. The highest BCUT2D eigenvalue weighted by atomic mass is 16.5. The molecular formula is C12H20N2O2. The molecule has 90 valence electrons. The molecule has 4 heteroatoms. The summed E-state index contributed by atoms with van der Waals surface area (Å²) >= 11 is 0. The van der Waals surface area contributed by atoms with Gasteiger partial charge in [0, 0.05) is 12.6 Å². The number of ether oxygens (including phenoxy) is 1. The number of benzene rings is 1. The Morgan fingerprint density at radius 3 is 2.88 bits per heavy atom. The molecule has 0 radical (unpaired) electrons. The Morgan fingerprint density at radius 2 is 2.25 bits per heavy atom. The number of nitrogens with one attached hydrogen (secondary N) is 1. The number of rotatable bonds is 6. The van der Waals surface area contributed by atoms with Gasteiger partial charge in [-0.05, 0) is 18.6 Å². The van der Waals surface area contributed by atoms with Gasteiger partial charge in [-0.15, -0.1) is 0 Å². The molecule has 4 nitrogen and oxygen atoms in total. The zero-order chi connectivity index (χ0) is 12.0. The van der Waals surface area contributed by atoms with Gasteiger partial charge in [0.05, 0.1) is 24.6 Å². The summed E-state index contributed by atoms with van der Waals surface area (Å²) in [7, 11) is 1.61. The summed E-state index contributed by atoms with van der Waals surface area (Å²) in [5.74, 6) is 0.752. The Kier molecular flexibility index (Phi) is 4.92. The van der Waals surface area contributed by atoms with Gasteiger partial charge in [0.15, 0.2) is 0 Å². The van der Waals surface area contributed by atoms with Crippen molar-refractivity contribution in [1.82, 2.24) is 0 Å². The highest BCUT2D eigenvalue weighted by molar-refractivity contribution is 5.68. The quantitative estimate of drug-likeness (QED) is 0.645. The SMILES string of the molecule is CCCC(O)CNc1cc(OC)ccc1N. The molecule has 16 heavy (non-hydrogen) atoms. The first-order valence-corrected chi connectivity index (χ1v) is 5.52. The predicted molar refractivity (Wildman–Crippen MR) is 66.8 cm³/mol. The third-order valence-corrected chi connectivity index (χ3v) is 2.41. The number of anilines is 2. The highest BCUT2D eigenvalue weighted by Crippen LogP contribution is 2.24. The summed E-state index contributed by atoms with van der Waals surface area (Å²) in [4.78, 5) is 0. The van der Waals surface area contributed by atoms with E-state index in [9.17, 15) is 5.11 Å². The van der Waals surface area contributed by atoms with Crippen molar-refractivity contribution < 1.29 is 9.84 Å². The van der Waals surface area contributed by atoms with Gasteiger partial charge >= 0.3 is 0 Å². The van der Waals surface area contributed by atoms with E-state index in [0.717, 1.165) is 24.3 Å². The van der Waals surface area contributed by atoms with E-state index < -0.39 is 0 Å². The third-order valence-electron chi connectivity index (χ3n) is 2.41. The van der Waals surface area contributed by atoms with Crippen LogP contribution in [0.25, 0.3) is 0 Å². The smallest absolute Gasteiger partial charge is 0.121 e. The Bertz CT molecular complexity index is 329. The van der Waals surface area contributed by atoms with Crippen molar-refractivity contribution in [3.05, 3.63) is 18.2 Å². The van der Waals surface area contributed by atoms with Crippen LogP contribution in [0.5, 0.6) is 5.75 Å². The second kappa shape index (κ2) is 6.23. The molecule has 1 unspecified atom stereocenters. The van der Waals surface area contributed by atoms with E-state index in [4.69, 9.17) is 10.5 Å². The predicted octanol–water partition coefficient (Wildman–Crippen LogP) is 1.85. The molecular weight excluding hydrogens is 204 g/mol. The van der Waals surface area contributed by atoms with Crippen molar-refractivity contribution in [2.75, 3.05) is 24.7 Å². The second-order valence-corrected chi connectivity index (χ2v) is 3.78. The van der Waals surface area contributed by atoms with Crippen LogP contribution < -0.4 is 15.8 Å². The average molecular weight is 224 g/mol. The molecule has 0 spiro atoms. The van der Waals surface area contributed by atoms with Crippen LogP contribution >= 0.6 is 0 Å². The molecule has 1 atom stereocenters. The molecule has 1 aromatic rings. The number of methoxy groups -OCH3 is 1. The molecule has 0 bridgehead atoms. The lowest BCUT2D eigenvalue weighted by molar-refractivity contribution is 0.176. The molecule has 0 saturated heterocycles. The van der Waals surface area contributed by atoms with Crippen LogP contribution in [0.4, 0.5) is 11.4 Å². The van der Waals surface area contributed by atoms with Crippen LogP contribution in [0.2, 0.25) is 0 Å². The normalized spacial score (nSPS) is 12.2. The topological polar surface area (TPSA) is 67.5 Å². The number of nitrogen functional groups attached to an aromatic ring is 1. The van der Waals surface area contributed by atoms with Crippen LogP contribution in [-0.4, -0.2) is 24.9 Å². The van der Waals surface area contributed by atoms with Crippen LogP contribution in [-0.2, 0) is 0 Å². The number of hydrogen-bond donors (Lipinski definition) is 3. The van der Waals surface area contributed by atoms with Gasteiger partial charge in [0.1, 0.15) is 5.75 Å². The van der Waals surface area contributed by atoms with Crippen molar-refractivity contribution in [2.24, 2.45) is 0 Å². The fourth-order valence-electron chi connectivity index (χ4n) is 1.48. The minimum absolute atomic E-state index is 0.337. The Balaban J connectivity index is 2.58. The fraction of sp³-hybridized carbons (Fsp3) is 0.500. The van der Waals surface area contributed by atoms with E-state index in [1.165, 1.54) is 0 Å². The van der Waals surface area contributed by atoms with E-state index in [1.54, 1.807) is 13.2 Å². The maximum absolute atomic E-state index is 9.59. The second-order valence-electron chi connectivity index (χ2n) is 3.78. The largest absolute Gasteiger partial charge is 0.497 e. The third kappa shape index (κ3) is 3.62. The molecule has 0 saturated carbocycles. The van der Waals surface area contributed by atoms with Gasteiger partial charge in [0.2, 0.25) is 0 Å². The lowest BCUT2D eigenvalue weighted by atomic mass is 10.2. The summed E-state index contributed by atoms with van der Waals surface area (Å²) in [5.41, 5.74) is 7.26. The fourth-order valence-corrected chi connectivity index (χ4v) is 1.48. The van der Waals surface area contributed by atoms with Gasteiger partial charge in [-0.25, -0.2) is 0 Å². The van der Waals surface area contributed by atoms with Crippen LogP contribution in [0, 0.1) is 0 Å². The van der Waals surface area contributed by atoms with Crippen molar-refractivity contribution >= 4 is 11.4 Å². The summed E-state index contributed by atoms with van der Waals surface area (Å²) in [6.45, 7) is 2.55. The van der Waals surface area contributed by atoms with Gasteiger partial charge < -0.3 is 20.9 Å². The van der Waals surface area contributed by atoms with Gasteiger partial charge in [-0.2, -0.15) is 0 Å². The van der Waals surface area contributed by atoms with Crippen LogP contribution in [0.3, 0.4) is 0 Å². The van der Waals surface area contributed by atoms with Crippen molar-refractivity contribution in [3.63, 3.8) is 0 Å². The Morgan fingerprint density at radius 1 is 1.50 bits per heavy atom. The van der Waals surface area contributed by atoms with E-state index in [0.29, 0.717) is 12.2 Å². The van der Waals surface area contributed by atoms with Gasteiger partial charge in [-0.1, -0.05) is 13.3 Å². The van der Waals surface area contributed by atoms with E-state index in [-0.39, 0.29) is 6.10 Å². The number of hydrogen-bond acceptors (Lipinski definition) is 4. The van der Waals surface area contributed by atoms with E-state index in [1.807, 2.05) is 19.1 Å². The number of aliphatic hydroxyl groups excluding tert-OH is 1. The molecule has 0 aromatic heterocycles. The minimum Gasteiger partial charge on any atom is -0.497 e. The molecule has 0 aliphatic rings. The standard InChI is InChI=1S/C12H20N2O2/c1-3-4-9(15)8-14-12-7-10(16-2)5-6-11(12)13/h5-7,9,14-15H,3-4,8,13H2,1-2H3. The summed E-state index contributed by atoms with van der Waals surface area (Å²) in [6.07, 6.45) is 1.42. The van der Waals surface area contributed by atoms with Gasteiger partial charge in [-0.3, -0.25) is 0 Å². The monoisotopic (exact) mass is 224 g/mol. The maximum atomic E-state index is 9.59.